The molecule has 0 aliphatic carbocycles. The molecule has 1 aliphatic rings. The first kappa shape index (κ1) is 18.8. The highest BCUT2D eigenvalue weighted by molar-refractivity contribution is 6.21. The van der Waals surface area contributed by atoms with Crippen LogP contribution in [-0.4, -0.2) is 37.0 Å². The van der Waals surface area contributed by atoms with Gasteiger partial charge in [0.1, 0.15) is 0 Å². The van der Waals surface area contributed by atoms with Gasteiger partial charge in [-0.15, -0.1) is 0 Å². The van der Waals surface area contributed by atoms with Gasteiger partial charge in [-0.25, -0.2) is 9.69 Å². The van der Waals surface area contributed by atoms with Crippen LogP contribution in [0.15, 0.2) is 54.6 Å². The number of imide groups is 1. The summed E-state index contributed by atoms with van der Waals surface area (Å²) in [4.78, 5) is 37.9. The molecule has 0 spiro atoms. The van der Waals surface area contributed by atoms with Gasteiger partial charge in [-0.2, -0.15) is 0 Å². The molecule has 1 unspecified atom stereocenters. The van der Waals surface area contributed by atoms with Gasteiger partial charge in [-0.3, -0.25) is 9.59 Å². The molecule has 6 nitrogen and oxygen atoms in total. The number of esters is 1. The highest BCUT2D eigenvalue weighted by atomic mass is 16.5. The Morgan fingerprint density at radius 2 is 1.81 bits per heavy atom. The molecule has 1 heterocycles. The van der Waals surface area contributed by atoms with Gasteiger partial charge in [0.25, 0.3) is 5.91 Å². The van der Waals surface area contributed by atoms with Crippen LogP contribution in [-0.2, 0) is 20.7 Å². The summed E-state index contributed by atoms with van der Waals surface area (Å²) in [5.74, 6) is -0.850. The maximum atomic E-state index is 12.7. The molecule has 2 aromatic carbocycles. The number of rotatable bonds is 7. The van der Waals surface area contributed by atoms with Crippen molar-refractivity contribution in [2.24, 2.45) is 0 Å². The van der Waals surface area contributed by atoms with Crippen LogP contribution in [0.1, 0.15) is 29.3 Å². The number of carbonyl (C=O) groups is 3. The molecule has 1 aliphatic heterocycles. The molecule has 27 heavy (non-hydrogen) atoms. The van der Waals surface area contributed by atoms with Crippen molar-refractivity contribution in [2.45, 2.75) is 25.8 Å². The van der Waals surface area contributed by atoms with Crippen LogP contribution in [0.2, 0.25) is 0 Å². The van der Waals surface area contributed by atoms with Crippen molar-refractivity contribution < 1.29 is 24.4 Å². The van der Waals surface area contributed by atoms with Crippen LogP contribution in [0.4, 0.5) is 5.69 Å². The second-order valence-electron chi connectivity index (χ2n) is 6.41. The minimum Gasteiger partial charge on any atom is -0.462 e. The number of quaternary nitrogens is 1. The zero-order valence-corrected chi connectivity index (χ0v) is 15.3. The Kier molecular flexibility index (Phi) is 5.98. The molecule has 2 aromatic rings. The Labute approximate surface area is 158 Å². The molecule has 2 amide bonds. The summed E-state index contributed by atoms with van der Waals surface area (Å²) >= 11 is 0. The van der Waals surface area contributed by atoms with E-state index >= 15 is 0 Å². The monoisotopic (exact) mass is 367 g/mol. The number of amides is 2. The minimum atomic E-state index is -0.421. The van der Waals surface area contributed by atoms with E-state index in [0.717, 1.165) is 13.0 Å². The predicted molar refractivity (Wildman–Crippen MR) is 100 cm³/mol. The lowest BCUT2D eigenvalue weighted by Gasteiger charge is -2.14. The van der Waals surface area contributed by atoms with E-state index in [1.54, 1.807) is 31.2 Å². The topological polar surface area (TPSA) is 80.3 Å². The maximum absolute atomic E-state index is 12.7. The number of nitrogens with two attached hydrogens (primary N) is 1. The fraction of sp³-hybridized carbons (Fsp3) is 0.286. The molecule has 1 saturated heterocycles. The van der Waals surface area contributed by atoms with Gasteiger partial charge in [0.2, 0.25) is 5.91 Å². The largest absolute Gasteiger partial charge is 0.462 e. The number of anilines is 1. The van der Waals surface area contributed by atoms with Gasteiger partial charge >= 0.3 is 5.97 Å². The van der Waals surface area contributed by atoms with E-state index in [9.17, 15) is 14.4 Å². The van der Waals surface area contributed by atoms with Gasteiger partial charge < -0.3 is 10.1 Å². The summed E-state index contributed by atoms with van der Waals surface area (Å²) in [5, 5.41) is 1.93. The molecule has 0 bridgehead atoms. The van der Waals surface area contributed by atoms with Crippen LogP contribution in [0.5, 0.6) is 0 Å². The molecular formula is C21H23N2O4+. The first-order chi connectivity index (χ1) is 13.1. The molecule has 0 radical (unpaired) electrons. The lowest BCUT2D eigenvalue weighted by molar-refractivity contribution is -0.674. The van der Waals surface area contributed by atoms with Crippen molar-refractivity contribution in [1.29, 1.82) is 0 Å². The standard InChI is InChI=1S/C21H22N2O4/c1-2-27-21(26)16-8-10-17(11-9-16)23-19(24)14-18(20(23)25)22-13-12-15-6-4-3-5-7-15/h3-11,18,22H,2,12-14H2,1H3/p+1. The first-order valence-electron chi connectivity index (χ1n) is 9.11. The highest BCUT2D eigenvalue weighted by Crippen LogP contribution is 2.22. The van der Waals surface area contributed by atoms with Crippen LogP contribution < -0.4 is 10.2 Å². The maximum Gasteiger partial charge on any atom is 0.338 e. The van der Waals surface area contributed by atoms with Crippen LogP contribution in [0.3, 0.4) is 0 Å². The fourth-order valence-corrected chi connectivity index (χ4v) is 3.17. The van der Waals surface area contributed by atoms with Crippen molar-refractivity contribution in [1.82, 2.24) is 0 Å². The smallest absolute Gasteiger partial charge is 0.338 e. The minimum absolute atomic E-state index is 0.188. The lowest BCUT2D eigenvalue weighted by Crippen LogP contribution is -2.92. The normalized spacial score (nSPS) is 16.6. The Hall–Kier alpha value is -2.99. The summed E-state index contributed by atoms with van der Waals surface area (Å²) in [6.07, 6.45) is 1.03. The van der Waals surface area contributed by atoms with E-state index in [1.807, 2.05) is 35.6 Å². The second-order valence-corrected chi connectivity index (χ2v) is 6.41. The molecule has 140 valence electrons. The quantitative estimate of drug-likeness (QED) is 0.591. The summed E-state index contributed by atoms with van der Waals surface area (Å²) in [6.45, 7) is 2.77. The predicted octanol–water partition coefficient (Wildman–Crippen LogP) is 1.30. The molecule has 6 heteroatoms. The van der Waals surface area contributed by atoms with E-state index in [0.29, 0.717) is 17.9 Å². The summed E-state index contributed by atoms with van der Waals surface area (Å²) in [7, 11) is 0. The number of nitrogens with zero attached hydrogens (tertiary/aromatic N) is 1. The average molecular weight is 367 g/mol. The molecular weight excluding hydrogens is 344 g/mol. The van der Waals surface area contributed by atoms with Gasteiger partial charge in [-0.1, -0.05) is 30.3 Å². The van der Waals surface area contributed by atoms with Crippen molar-refractivity contribution >= 4 is 23.5 Å². The average Bonchev–Trinajstić information content (AvgIpc) is 2.96. The zero-order chi connectivity index (χ0) is 19.2. The van der Waals surface area contributed by atoms with Crippen LogP contribution in [0, 0.1) is 0 Å². The number of benzene rings is 2. The Balaban J connectivity index is 1.61. The van der Waals surface area contributed by atoms with Crippen molar-refractivity contribution in [3.63, 3.8) is 0 Å². The van der Waals surface area contributed by atoms with Gasteiger partial charge in [0.15, 0.2) is 6.04 Å². The Morgan fingerprint density at radius 1 is 1.11 bits per heavy atom. The zero-order valence-electron chi connectivity index (χ0n) is 15.3. The van der Waals surface area contributed by atoms with E-state index < -0.39 is 12.0 Å². The van der Waals surface area contributed by atoms with Crippen molar-refractivity contribution in [3.05, 3.63) is 65.7 Å². The van der Waals surface area contributed by atoms with Gasteiger partial charge in [0.05, 0.1) is 30.8 Å². The van der Waals surface area contributed by atoms with E-state index in [2.05, 4.69) is 0 Å². The number of hydrogen-bond donors (Lipinski definition) is 1. The Bertz CT molecular complexity index is 818. The van der Waals surface area contributed by atoms with Gasteiger partial charge in [-0.05, 0) is 36.8 Å². The first-order valence-corrected chi connectivity index (χ1v) is 9.11. The van der Waals surface area contributed by atoms with Crippen LogP contribution in [0.25, 0.3) is 0 Å². The molecule has 1 atom stereocenters. The highest BCUT2D eigenvalue weighted by Gasteiger charge is 2.42. The molecule has 0 saturated carbocycles. The van der Waals surface area contributed by atoms with Crippen molar-refractivity contribution in [3.8, 4) is 0 Å². The third-order valence-corrected chi connectivity index (χ3v) is 4.55. The Morgan fingerprint density at radius 3 is 2.48 bits per heavy atom. The summed E-state index contributed by atoms with van der Waals surface area (Å²) in [6, 6.07) is 16.0. The number of ether oxygens (including phenoxy) is 1. The molecule has 2 N–H and O–H groups in total. The second kappa shape index (κ2) is 8.60. The van der Waals surface area contributed by atoms with Crippen molar-refractivity contribution in [2.75, 3.05) is 18.1 Å². The van der Waals surface area contributed by atoms with E-state index in [-0.39, 0.29) is 18.2 Å². The number of hydrogen-bond acceptors (Lipinski definition) is 4. The third kappa shape index (κ3) is 4.41. The summed E-state index contributed by atoms with van der Waals surface area (Å²) in [5.41, 5.74) is 2.08. The lowest BCUT2D eigenvalue weighted by atomic mass is 10.1. The fourth-order valence-electron chi connectivity index (χ4n) is 3.17. The van der Waals surface area contributed by atoms with E-state index in [4.69, 9.17) is 4.74 Å². The molecule has 3 rings (SSSR count). The summed E-state index contributed by atoms with van der Waals surface area (Å²) < 4.78 is 4.94. The van der Waals surface area contributed by atoms with E-state index in [1.165, 1.54) is 10.5 Å². The SMILES string of the molecule is CCOC(=O)c1ccc(N2C(=O)CC([NH2+]CCc3ccccc3)C2=O)cc1. The van der Waals surface area contributed by atoms with Crippen LogP contribution >= 0.6 is 0 Å². The molecule has 0 aromatic heterocycles. The number of carbonyl (C=O) groups excluding carboxylic acids is 3. The molecule has 1 fully saturated rings. The van der Waals surface area contributed by atoms with Gasteiger partial charge in [0, 0.05) is 6.42 Å². The third-order valence-electron chi connectivity index (χ3n) is 4.55.